The van der Waals surface area contributed by atoms with Gasteiger partial charge < -0.3 is 28.4 Å². The lowest BCUT2D eigenvalue weighted by Crippen LogP contribution is -2.25. The van der Waals surface area contributed by atoms with Crippen molar-refractivity contribution in [3.8, 4) is 23.7 Å². The molecule has 0 amide bonds. The summed E-state index contributed by atoms with van der Waals surface area (Å²) in [5.41, 5.74) is 0.676. The van der Waals surface area contributed by atoms with Crippen molar-refractivity contribution in [2.45, 2.75) is 322 Å². The number of allylic oxidation sites excluding steroid dienone is 4. The second kappa shape index (κ2) is 55.6. The Morgan fingerprint density at radius 2 is 0.556 bits per heavy atom. The first-order valence-corrected chi connectivity index (χ1v) is 30.4. The lowest BCUT2D eigenvalue weighted by Gasteiger charge is -2.26. The highest BCUT2D eigenvalue weighted by Gasteiger charge is 2.22. The first kappa shape index (κ1) is 74.6. The molecule has 0 radical (unpaired) electrons. The van der Waals surface area contributed by atoms with Crippen molar-refractivity contribution < 1.29 is 28.4 Å². The Hall–Kier alpha value is -1.64. The Balaban J connectivity index is -0.000000992. The molecular weight excluding hydrogens is 889 g/mol. The predicted molar refractivity (Wildman–Crippen MR) is 316 cm³/mol. The quantitative estimate of drug-likeness (QED) is 0.0263. The van der Waals surface area contributed by atoms with Crippen LogP contribution in [0, 0.1) is 39.9 Å². The fourth-order valence-electron chi connectivity index (χ4n) is 7.29. The van der Waals surface area contributed by atoms with Crippen LogP contribution in [0.15, 0.2) is 24.3 Å². The molecule has 6 nitrogen and oxygen atoms in total. The minimum atomic E-state index is -0.153. The van der Waals surface area contributed by atoms with E-state index in [1.165, 1.54) is 116 Å². The maximum Gasteiger partial charge on any atom is 0.158 e. The predicted octanol–water partition coefficient (Wildman–Crippen LogP) is 20.5. The lowest BCUT2D eigenvalue weighted by molar-refractivity contribution is -0.159. The topological polar surface area (TPSA) is 55.4 Å². The third-order valence-corrected chi connectivity index (χ3v) is 11.5. The normalized spacial score (nSPS) is 12.0. The van der Waals surface area contributed by atoms with Crippen LogP contribution in [0.2, 0.25) is 0 Å². The highest BCUT2D eigenvalue weighted by atomic mass is 16.7. The van der Waals surface area contributed by atoms with Gasteiger partial charge in [0.2, 0.25) is 0 Å². The molecule has 0 aromatic carbocycles. The second-order valence-corrected chi connectivity index (χ2v) is 23.5. The first-order chi connectivity index (χ1) is 34.5. The van der Waals surface area contributed by atoms with Crippen LogP contribution in [0.3, 0.4) is 0 Å². The molecule has 0 bridgehead atoms. The van der Waals surface area contributed by atoms with Gasteiger partial charge in [0.25, 0.3) is 0 Å². The molecule has 0 spiro atoms. The van der Waals surface area contributed by atoms with Gasteiger partial charge in [0.05, 0.1) is 13.2 Å². The Kier molecular flexibility index (Phi) is 57.6. The van der Waals surface area contributed by atoms with Crippen LogP contribution in [0.25, 0.3) is 0 Å². The summed E-state index contributed by atoms with van der Waals surface area (Å²) >= 11 is 0. The zero-order valence-electron chi connectivity index (χ0n) is 51.2. The summed E-state index contributed by atoms with van der Waals surface area (Å²) in [5.74, 6) is 12.8. The standard InChI is InChI=1S/C22H46O2.C22H42O2.C22H38O2/c3*1-6-8-10-12-14-16-18-23-21(20-22(3,4)5)24-19-17-15-13-11-9-7-2/h21H,6-20H2,1-5H3;8-11,21H,6-7,12-20H2,1-5H3;21H,6-11,16-20H2,1-5H3/b;10-8-,11-9-;. The van der Waals surface area contributed by atoms with Crippen LogP contribution in [0.5, 0.6) is 0 Å². The van der Waals surface area contributed by atoms with Gasteiger partial charge in [0, 0.05) is 71.4 Å². The van der Waals surface area contributed by atoms with E-state index in [1.54, 1.807) is 0 Å². The summed E-state index contributed by atoms with van der Waals surface area (Å²) in [5, 5.41) is 0. The van der Waals surface area contributed by atoms with Crippen molar-refractivity contribution in [1.82, 2.24) is 0 Å². The fourth-order valence-corrected chi connectivity index (χ4v) is 7.29. The van der Waals surface area contributed by atoms with E-state index in [4.69, 9.17) is 28.4 Å². The maximum absolute atomic E-state index is 6.05. The minimum Gasteiger partial charge on any atom is -0.353 e. The van der Waals surface area contributed by atoms with Crippen molar-refractivity contribution >= 4 is 0 Å². The molecule has 72 heavy (non-hydrogen) atoms. The SMILES string of the molecule is CC/C=C\CCCCOC(CC(C)(C)C)OCCCC/C=C\CC.CCCCC#CCCOC(CC(C)(C)C)OCCC#CCCCC.CCCCCCCCOC(CC(C)(C)C)OCCCCCCCC. The van der Waals surface area contributed by atoms with E-state index in [0.717, 1.165) is 110 Å². The third kappa shape index (κ3) is 68.4. The molecule has 0 aromatic rings. The molecule has 0 saturated heterocycles. The molecule has 426 valence electrons. The summed E-state index contributed by atoms with van der Waals surface area (Å²) in [6.45, 7) is 38.0. The molecule has 0 atom stereocenters. The summed E-state index contributed by atoms with van der Waals surface area (Å²) in [7, 11) is 0. The van der Waals surface area contributed by atoms with Crippen molar-refractivity contribution in [3.05, 3.63) is 24.3 Å². The number of hydrogen-bond donors (Lipinski definition) is 0. The van der Waals surface area contributed by atoms with Gasteiger partial charge in [-0.2, -0.15) is 0 Å². The zero-order valence-corrected chi connectivity index (χ0v) is 51.2. The van der Waals surface area contributed by atoms with Crippen LogP contribution in [0.1, 0.15) is 303 Å². The number of hydrogen-bond acceptors (Lipinski definition) is 6. The maximum atomic E-state index is 6.05. The summed E-state index contributed by atoms with van der Waals surface area (Å²) in [4.78, 5) is 0. The number of ether oxygens (including phenoxy) is 6. The first-order valence-electron chi connectivity index (χ1n) is 30.4. The van der Waals surface area contributed by atoms with Gasteiger partial charge in [-0.3, -0.25) is 0 Å². The second-order valence-electron chi connectivity index (χ2n) is 23.5. The van der Waals surface area contributed by atoms with Crippen molar-refractivity contribution in [3.63, 3.8) is 0 Å². The number of rotatable bonds is 43. The summed E-state index contributed by atoms with van der Waals surface area (Å²) in [6, 6.07) is 0. The van der Waals surface area contributed by atoms with E-state index < -0.39 is 0 Å². The van der Waals surface area contributed by atoms with Gasteiger partial charge in [-0.25, -0.2) is 0 Å². The van der Waals surface area contributed by atoms with Crippen LogP contribution in [-0.4, -0.2) is 58.5 Å². The van der Waals surface area contributed by atoms with E-state index in [-0.39, 0.29) is 35.1 Å². The lowest BCUT2D eigenvalue weighted by atomic mass is 9.92. The monoisotopic (exact) mass is 1010 g/mol. The molecule has 0 heterocycles. The van der Waals surface area contributed by atoms with Crippen LogP contribution in [0.4, 0.5) is 0 Å². The van der Waals surface area contributed by atoms with Crippen molar-refractivity contribution in [2.75, 3.05) is 39.6 Å². The number of unbranched alkanes of at least 4 members (excludes halogenated alkanes) is 18. The van der Waals surface area contributed by atoms with Gasteiger partial charge in [0.15, 0.2) is 18.9 Å². The average molecular weight is 1020 g/mol. The van der Waals surface area contributed by atoms with Crippen LogP contribution in [-0.2, 0) is 28.4 Å². The summed E-state index contributed by atoms with van der Waals surface area (Å²) < 4.78 is 35.9. The highest BCUT2D eigenvalue weighted by Crippen LogP contribution is 2.26. The fraction of sp³-hybridized carbons (Fsp3) is 0.879. The minimum absolute atomic E-state index is 0.0173. The molecule has 0 aromatic heterocycles. The van der Waals surface area contributed by atoms with E-state index >= 15 is 0 Å². The Labute approximate surface area is 452 Å². The molecule has 0 aliphatic carbocycles. The van der Waals surface area contributed by atoms with Crippen LogP contribution < -0.4 is 0 Å². The Morgan fingerprint density at radius 3 is 0.847 bits per heavy atom. The average Bonchev–Trinajstić information content (AvgIpc) is 3.31. The van der Waals surface area contributed by atoms with Crippen molar-refractivity contribution in [2.24, 2.45) is 16.2 Å². The Morgan fingerprint density at radius 1 is 0.292 bits per heavy atom. The summed E-state index contributed by atoms with van der Waals surface area (Å²) in [6.07, 6.45) is 44.9. The van der Waals surface area contributed by atoms with Crippen LogP contribution >= 0.6 is 0 Å². The zero-order chi connectivity index (χ0) is 54.3. The highest BCUT2D eigenvalue weighted by molar-refractivity contribution is 4.99. The van der Waals surface area contributed by atoms with Crippen molar-refractivity contribution in [1.29, 1.82) is 0 Å². The van der Waals surface area contributed by atoms with E-state index in [0.29, 0.717) is 13.2 Å². The van der Waals surface area contributed by atoms with Gasteiger partial charge in [0.1, 0.15) is 0 Å². The molecule has 0 aliphatic rings. The molecule has 6 heteroatoms. The van der Waals surface area contributed by atoms with E-state index in [2.05, 4.69) is 152 Å². The molecule has 0 aliphatic heterocycles. The Bertz CT molecular complexity index is 1190. The van der Waals surface area contributed by atoms with E-state index in [9.17, 15) is 0 Å². The molecule has 0 unspecified atom stereocenters. The molecule has 0 saturated carbocycles. The van der Waals surface area contributed by atoms with Gasteiger partial charge in [-0.1, -0.05) is 205 Å². The van der Waals surface area contributed by atoms with Gasteiger partial charge >= 0.3 is 0 Å². The molecule has 0 rings (SSSR count). The van der Waals surface area contributed by atoms with Gasteiger partial charge in [-0.05, 0) is 93.3 Å². The molecule has 0 fully saturated rings. The van der Waals surface area contributed by atoms with E-state index in [1.807, 2.05) is 0 Å². The molecular formula is C66H126O6. The smallest absolute Gasteiger partial charge is 0.158 e. The largest absolute Gasteiger partial charge is 0.353 e. The molecule has 0 N–H and O–H groups in total. The third-order valence-electron chi connectivity index (χ3n) is 11.5. The van der Waals surface area contributed by atoms with Gasteiger partial charge in [-0.15, -0.1) is 23.7 Å².